The molecule has 0 saturated heterocycles. The highest BCUT2D eigenvalue weighted by atomic mass is 79.9. The molecule has 0 aliphatic heterocycles. The van der Waals surface area contributed by atoms with Gasteiger partial charge in [0, 0.05) is 17.3 Å². The van der Waals surface area contributed by atoms with Crippen molar-refractivity contribution in [2.75, 3.05) is 6.54 Å². The van der Waals surface area contributed by atoms with Crippen molar-refractivity contribution in [3.63, 3.8) is 0 Å². The van der Waals surface area contributed by atoms with E-state index in [2.05, 4.69) is 21.2 Å². The molecule has 6 heteroatoms. The van der Waals surface area contributed by atoms with Crippen LogP contribution in [0.3, 0.4) is 0 Å². The van der Waals surface area contributed by atoms with Crippen molar-refractivity contribution in [2.45, 2.75) is 62.4 Å². The third-order valence-electron chi connectivity index (χ3n) is 4.90. The Labute approximate surface area is 132 Å². The predicted molar refractivity (Wildman–Crippen MR) is 79.2 cm³/mol. The molecule has 0 unspecified atom stereocenters. The van der Waals surface area contributed by atoms with Gasteiger partial charge in [0.25, 0.3) is 0 Å². The molecule has 2 fully saturated rings. The molecule has 21 heavy (non-hydrogen) atoms. The number of carbonyl (C=O) groups is 1. The van der Waals surface area contributed by atoms with E-state index in [0.29, 0.717) is 30.1 Å². The summed E-state index contributed by atoms with van der Waals surface area (Å²) in [7, 11) is 0. The van der Waals surface area contributed by atoms with Crippen LogP contribution in [0, 0.1) is 17.8 Å². The summed E-state index contributed by atoms with van der Waals surface area (Å²) in [5.41, 5.74) is 0. The molecule has 0 aromatic rings. The van der Waals surface area contributed by atoms with E-state index in [0.717, 1.165) is 25.7 Å². The summed E-state index contributed by atoms with van der Waals surface area (Å²) in [4.78, 5) is 12.7. The van der Waals surface area contributed by atoms with E-state index in [1.807, 2.05) is 0 Å². The molecule has 0 radical (unpaired) electrons. The van der Waals surface area contributed by atoms with E-state index >= 15 is 0 Å². The summed E-state index contributed by atoms with van der Waals surface area (Å²) in [6, 6.07) is 0. The Morgan fingerprint density at radius 1 is 1.00 bits per heavy atom. The highest BCUT2D eigenvalue weighted by Gasteiger charge is 2.42. The zero-order valence-electron chi connectivity index (χ0n) is 12.1. The van der Waals surface area contributed by atoms with Gasteiger partial charge in [0.05, 0.1) is 5.92 Å². The van der Waals surface area contributed by atoms with Crippen LogP contribution in [0.1, 0.15) is 51.4 Å². The summed E-state index contributed by atoms with van der Waals surface area (Å²) < 4.78 is 37.8. The number of hydrogen-bond acceptors (Lipinski definition) is 1. The molecular weight excluding hydrogens is 347 g/mol. The standard InChI is InChI=1S/C15H23BrF3NO/c16-13-7-1-10(2-8-13)9-20-14(21)11-3-5-12(6-4-11)15(17,18)19/h10-13H,1-9H2,(H,20,21). The van der Waals surface area contributed by atoms with E-state index in [4.69, 9.17) is 0 Å². The lowest BCUT2D eigenvalue weighted by molar-refractivity contribution is -0.184. The maximum absolute atomic E-state index is 12.6. The van der Waals surface area contributed by atoms with E-state index in [-0.39, 0.29) is 24.7 Å². The highest BCUT2D eigenvalue weighted by Crippen LogP contribution is 2.39. The first-order chi connectivity index (χ1) is 9.86. The molecular formula is C15H23BrF3NO. The number of alkyl halides is 4. The molecule has 0 heterocycles. The van der Waals surface area contributed by atoms with Crippen molar-refractivity contribution in [3.05, 3.63) is 0 Å². The third-order valence-corrected chi connectivity index (χ3v) is 5.82. The van der Waals surface area contributed by atoms with Crippen LogP contribution in [-0.2, 0) is 4.79 Å². The Morgan fingerprint density at radius 2 is 1.57 bits per heavy atom. The van der Waals surface area contributed by atoms with Crippen LogP contribution in [0.4, 0.5) is 13.2 Å². The average molecular weight is 370 g/mol. The summed E-state index contributed by atoms with van der Waals surface area (Å²) in [5.74, 6) is -0.960. The van der Waals surface area contributed by atoms with Gasteiger partial charge in [0.15, 0.2) is 0 Å². The SMILES string of the molecule is O=C(NCC1CCC(Br)CC1)C1CCC(C(F)(F)F)CC1. The van der Waals surface area contributed by atoms with Crippen molar-refractivity contribution in [1.29, 1.82) is 0 Å². The Kier molecular flexibility index (Phi) is 5.97. The molecule has 2 nitrogen and oxygen atoms in total. The minimum Gasteiger partial charge on any atom is -0.356 e. The highest BCUT2D eigenvalue weighted by molar-refractivity contribution is 9.09. The van der Waals surface area contributed by atoms with Crippen LogP contribution in [0.2, 0.25) is 0 Å². The van der Waals surface area contributed by atoms with Crippen molar-refractivity contribution in [2.24, 2.45) is 17.8 Å². The lowest BCUT2D eigenvalue weighted by Crippen LogP contribution is -2.38. The quantitative estimate of drug-likeness (QED) is 0.732. The van der Waals surface area contributed by atoms with Gasteiger partial charge in [-0.1, -0.05) is 15.9 Å². The maximum Gasteiger partial charge on any atom is 0.391 e. The Balaban J connectivity index is 1.68. The Morgan fingerprint density at radius 3 is 2.10 bits per heavy atom. The van der Waals surface area contributed by atoms with Crippen LogP contribution in [-0.4, -0.2) is 23.5 Å². The first-order valence-electron chi connectivity index (χ1n) is 7.84. The third kappa shape index (κ3) is 5.15. The van der Waals surface area contributed by atoms with Crippen molar-refractivity contribution < 1.29 is 18.0 Å². The van der Waals surface area contributed by atoms with Gasteiger partial charge in [0.2, 0.25) is 5.91 Å². The van der Waals surface area contributed by atoms with Crippen molar-refractivity contribution in [1.82, 2.24) is 5.32 Å². The lowest BCUT2D eigenvalue weighted by Gasteiger charge is -2.30. The number of amides is 1. The number of nitrogens with one attached hydrogen (secondary N) is 1. The van der Waals surface area contributed by atoms with Gasteiger partial charge in [-0.2, -0.15) is 13.2 Å². The predicted octanol–water partition coefficient (Wildman–Crippen LogP) is 4.43. The van der Waals surface area contributed by atoms with E-state index in [9.17, 15) is 18.0 Å². The van der Waals surface area contributed by atoms with E-state index in [1.165, 1.54) is 0 Å². The molecule has 0 aromatic carbocycles. The van der Waals surface area contributed by atoms with Crippen LogP contribution in [0.25, 0.3) is 0 Å². The van der Waals surface area contributed by atoms with Gasteiger partial charge in [-0.15, -0.1) is 0 Å². The van der Waals surface area contributed by atoms with Crippen LogP contribution >= 0.6 is 15.9 Å². The smallest absolute Gasteiger partial charge is 0.356 e. The van der Waals surface area contributed by atoms with Gasteiger partial charge in [-0.25, -0.2) is 0 Å². The van der Waals surface area contributed by atoms with Crippen molar-refractivity contribution >= 4 is 21.8 Å². The molecule has 1 N–H and O–H groups in total. The molecule has 2 saturated carbocycles. The molecule has 0 spiro atoms. The second-order valence-corrected chi connectivity index (χ2v) is 7.75. The molecule has 0 aromatic heterocycles. The number of halogens is 4. The van der Waals surface area contributed by atoms with Gasteiger partial charge >= 0.3 is 6.18 Å². The van der Waals surface area contributed by atoms with Gasteiger partial charge < -0.3 is 5.32 Å². The number of hydrogen-bond donors (Lipinski definition) is 1. The monoisotopic (exact) mass is 369 g/mol. The minimum atomic E-state index is -4.10. The largest absolute Gasteiger partial charge is 0.391 e. The zero-order valence-corrected chi connectivity index (χ0v) is 13.7. The van der Waals surface area contributed by atoms with Gasteiger partial charge in [-0.05, 0) is 57.3 Å². The summed E-state index contributed by atoms with van der Waals surface area (Å²) in [6.07, 6.45) is 1.30. The second kappa shape index (κ2) is 7.34. The Bertz CT molecular complexity index is 345. The summed E-state index contributed by atoms with van der Waals surface area (Å²) in [5, 5.41) is 2.96. The summed E-state index contributed by atoms with van der Waals surface area (Å²) in [6.45, 7) is 0.678. The number of rotatable bonds is 3. The second-order valence-electron chi connectivity index (χ2n) is 6.45. The normalized spacial score (nSPS) is 34.5. The first-order valence-corrected chi connectivity index (χ1v) is 8.76. The maximum atomic E-state index is 12.6. The molecule has 0 atom stereocenters. The fourth-order valence-electron chi connectivity index (χ4n) is 3.40. The minimum absolute atomic E-state index is 0.0448. The average Bonchev–Trinajstić information content (AvgIpc) is 2.45. The topological polar surface area (TPSA) is 29.1 Å². The van der Waals surface area contributed by atoms with E-state index in [1.54, 1.807) is 0 Å². The Hall–Kier alpha value is -0.260. The first kappa shape index (κ1) is 17.1. The van der Waals surface area contributed by atoms with Gasteiger partial charge in [0.1, 0.15) is 0 Å². The van der Waals surface area contributed by atoms with E-state index < -0.39 is 12.1 Å². The fraction of sp³-hybridized carbons (Fsp3) is 0.933. The van der Waals surface area contributed by atoms with Crippen LogP contribution in [0.5, 0.6) is 0 Å². The summed E-state index contributed by atoms with van der Waals surface area (Å²) >= 11 is 3.60. The molecule has 0 bridgehead atoms. The van der Waals surface area contributed by atoms with Crippen molar-refractivity contribution in [3.8, 4) is 0 Å². The molecule has 122 valence electrons. The van der Waals surface area contributed by atoms with Crippen LogP contribution in [0.15, 0.2) is 0 Å². The molecule has 2 aliphatic carbocycles. The zero-order chi connectivity index (χ0) is 15.5. The van der Waals surface area contributed by atoms with Gasteiger partial charge in [-0.3, -0.25) is 4.79 Å². The lowest BCUT2D eigenvalue weighted by atomic mass is 9.81. The molecule has 2 rings (SSSR count). The number of carbonyl (C=O) groups excluding carboxylic acids is 1. The fourth-order valence-corrected chi connectivity index (χ4v) is 3.93. The van der Waals surface area contributed by atoms with Crippen LogP contribution < -0.4 is 5.32 Å². The molecule has 2 aliphatic rings. The molecule has 1 amide bonds.